The summed E-state index contributed by atoms with van der Waals surface area (Å²) < 4.78 is 0. The van der Waals surface area contributed by atoms with Crippen LogP contribution in [0.1, 0.15) is 18.1 Å². The fourth-order valence-corrected chi connectivity index (χ4v) is 1.98. The van der Waals surface area contributed by atoms with E-state index in [1.54, 1.807) is 0 Å². The maximum absolute atomic E-state index is 2.32. The van der Waals surface area contributed by atoms with Crippen LogP contribution in [0.2, 0.25) is 0 Å². The van der Waals surface area contributed by atoms with Gasteiger partial charge in [-0.15, -0.1) is 0 Å². The van der Waals surface area contributed by atoms with Crippen LogP contribution in [0, 0.1) is 0 Å². The summed E-state index contributed by atoms with van der Waals surface area (Å²) in [5.41, 5.74) is 3.83. The Hall–Kier alpha value is -1.86. The van der Waals surface area contributed by atoms with Crippen LogP contribution >= 0.6 is 0 Å². The number of benzene rings is 2. The Bertz CT molecular complexity index is 485. The van der Waals surface area contributed by atoms with Crippen molar-refractivity contribution in [3.05, 3.63) is 77.9 Å². The number of nitrogens with zero attached hydrogens (tertiary/aromatic N) is 1. The number of hydrogen-bond donors (Lipinski definition) is 0. The Balaban J connectivity index is 2.46. The van der Waals surface area contributed by atoms with Gasteiger partial charge in [0.15, 0.2) is 0 Å². The molecule has 19 heavy (non-hydrogen) atoms. The topological polar surface area (TPSA) is 3.24 Å². The van der Waals surface area contributed by atoms with Crippen LogP contribution in [0.3, 0.4) is 0 Å². The molecule has 0 saturated carbocycles. The highest BCUT2D eigenvalue weighted by Gasteiger charge is 2.08. The minimum Gasteiger partial charge on any atom is -0.303 e. The first-order chi connectivity index (χ1) is 9.18. The number of hydrogen-bond acceptors (Lipinski definition) is 1. The fourth-order valence-electron chi connectivity index (χ4n) is 1.98. The van der Waals surface area contributed by atoms with E-state index in [2.05, 4.69) is 92.7 Å². The van der Waals surface area contributed by atoms with Crippen molar-refractivity contribution in [2.75, 3.05) is 14.1 Å². The summed E-state index contributed by atoms with van der Waals surface area (Å²) in [4.78, 5) is 2.21. The first-order valence-electron chi connectivity index (χ1n) is 6.67. The van der Waals surface area contributed by atoms with Crippen LogP contribution in [-0.2, 0) is 0 Å². The van der Waals surface area contributed by atoms with Crippen molar-refractivity contribution in [1.29, 1.82) is 0 Å². The van der Waals surface area contributed by atoms with Crippen LogP contribution in [0.25, 0.3) is 5.57 Å². The third-order valence-corrected chi connectivity index (χ3v) is 3.39. The van der Waals surface area contributed by atoms with Crippen LogP contribution in [-0.4, -0.2) is 25.0 Å². The zero-order valence-corrected chi connectivity index (χ0v) is 11.9. The van der Waals surface area contributed by atoms with E-state index in [-0.39, 0.29) is 0 Å². The SMILES string of the molecule is C[C@@H](C=C(c1ccccc1)c1ccccc1)N(C)C. The van der Waals surface area contributed by atoms with Gasteiger partial charge in [0.25, 0.3) is 0 Å². The molecule has 98 valence electrons. The van der Waals surface area contributed by atoms with Gasteiger partial charge in [-0.05, 0) is 37.7 Å². The molecular weight excluding hydrogens is 230 g/mol. The molecule has 0 bridgehead atoms. The van der Waals surface area contributed by atoms with E-state index in [1.807, 2.05) is 0 Å². The molecule has 0 aliphatic rings. The summed E-state index contributed by atoms with van der Waals surface area (Å²) in [6.07, 6.45) is 2.32. The molecule has 2 rings (SSSR count). The largest absolute Gasteiger partial charge is 0.303 e. The van der Waals surface area contributed by atoms with Crippen molar-refractivity contribution < 1.29 is 0 Å². The minimum atomic E-state index is 0.399. The lowest BCUT2D eigenvalue weighted by Crippen LogP contribution is -2.22. The molecule has 1 atom stereocenters. The third-order valence-electron chi connectivity index (χ3n) is 3.39. The van der Waals surface area contributed by atoms with Gasteiger partial charge >= 0.3 is 0 Å². The first-order valence-corrected chi connectivity index (χ1v) is 6.67. The molecule has 0 heterocycles. The molecule has 2 aromatic carbocycles. The lowest BCUT2D eigenvalue weighted by Gasteiger charge is -2.18. The summed E-state index contributed by atoms with van der Waals surface area (Å²) in [6, 6.07) is 21.5. The quantitative estimate of drug-likeness (QED) is 0.792. The van der Waals surface area contributed by atoms with Gasteiger partial charge in [-0.25, -0.2) is 0 Å². The smallest absolute Gasteiger partial charge is 0.0252 e. The van der Waals surface area contributed by atoms with Crippen molar-refractivity contribution in [3.63, 3.8) is 0 Å². The van der Waals surface area contributed by atoms with E-state index in [1.165, 1.54) is 16.7 Å². The van der Waals surface area contributed by atoms with Crippen molar-refractivity contribution in [3.8, 4) is 0 Å². The van der Waals surface area contributed by atoms with E-state index in [0.29, 0.717) is 6.04 Å². The minimum absolute atomic E-state index is 0.399. The van der Waals surface area contributed by atoms with E-state index < -0.39 is 0 Å². The lowest BCUT2D eigenvalue weighted by atomic mass is 9.96. The Morgan fingerprint density at radius 2 is 1.26 bits per heavy atom. The van der Waals surface area contributed by atoms with Crippen molar-refractivity contribution in [1.82, 2.24) is 4.90 Å². The van der Waals surface area contributed by atoms with Gasteiger partial charge in [0.1, 0.15) is 0 Å². The summed E-state index contributed by atoms with van der Waals surface area (Å²) in [7, 11) is 4.21. The zero-order valence-electron chi connectivity index (χ0n) is 11.9. The molecule has 0 aliphatic carbocycles. The van der Waals surface area contributed by atoms with E-state index >= 15 is 0 Å². The zero-order chi connectivity index (χ0) is 13.7. The molecule has 0 N–H and O–H groups in total. The summed E-state index contributed by atoms with van der Waals surface area (Å²) in [5.74, 6) is 0. The molecule has 0 saturated heterocycles. The molecule has 0 aromatic heterocycles. The van der Waals surface area contributed by atoms with Crippen LogP contribution in [0.4, 0.5) is 0 Å². The molecule has 0 aliphatic heterocycles. The fraction of sp³-hybridized carbons (Fsp3) is 0.222. The van der Waals surface area contributed by atoms with Gasteiger partial charge in [0, 0.05) is 6.04 Å². The van der Waals surface area contributed by atoms with Gasteiger partial charge in [-0.1, -0.05) is 66.7 Å². The van der Waals surface area contributed by atoms with Gasteiger partial charge in [-0.2, -0.15) is 0 Å². The molecule has 0 fully saturated rings. The van der Waals surface area contributed by atoms with Gasteiger partial charge in [-0.3, -0.25) is 0 Å². The molecule has 0 spiro atoms. The number of rotatable bonds is 4. The average Bonchev–Trinajstić information content (AvgIpc) is 2.46. The second-order valence-electron chi connectivity index (χ2n) is 5.02. The van der Waals surface area contributed by atoms with Gasteiger partial charge < -0.3 is 4.90 Å². The monoisotopic (exact) mass is 251 g/mol. The van der Waals surface area contributed by atoms with Crippen LogP contribution in [0.5, 0.6) is 0 Å². The average molecular weight is 251 g/mol. The van der Waals surface area contributed by atoms with Crippen molar-refractivity contribution >= 4 is 5.57 Å². The van der Waals surface area contributed by atoms with Gasteiger partial charge in [0.2, 0.25) is 0 Å². The maximum Gasteiger partial charge on any atom is 0.0252 e. The third kappa shape index (κ3) is 3.55. The van der Waals surface area contributed by atoms with Crippen molar-refractivity contribution in [2.24, 2.45) is 0 Å². The summed E-state index contributed by atoms with van der Waals surface area (Å²) in [5, 5.41) is 0. The predicted octanol–water partition coefficient (Wildman–Crippen LogP) is 4.07. The molecule has 0 amide bonds. The molecule has 0 unspecified atom stereocenters. The Kier molecular flexibility index (Phi) is 4.53. The van der Waals surface area contributed by atoms with Crippen molar-refractivity contribution in [2.45, 2.75) is 13.0 Å². The van der Waals surface area contributed by atoms with E-state index in [4.69, 9.17) is 0 Å². The van der Waals surface area contributed by atoms with E-state index in [9.17, 15) is 0 Å². The molecule has 0 radical (unpaired) electrons. The molecule has 1 heteroatoms. The van der Waals surface area contributed by atoms with Gasteiger partial charge in [0.05, 0.1) is 0 Å². The Labute approximate surface area is 116 Å². The molecule has 2 aromatic rings. The predicted molar refractivity (Wildman–Crippen MR) is 83.1 cm³/mol. The first kappa shape index (κ1) is 13.6. The lowest BCUT2D eigenvalue weighted by molar-refractivity contribution is 0.364. The van der Waals surface area contributed by atoms with E-state index in [0.717, 1.165) is 0 Å². The number of likely N-dealkylation sites (N-methyl/N-ethyl adjacent to an activating group) is 1. The second-order valence-corrected chi connectivity index (χ2v) is 5.02. The summed E-state index contributed by atoms with van der Waals surface area (Å²) in [6.45, 7) is 2.21. The highest BCUT2D eigenvalue weighted by molar-refractivity contribution is 5.80. The Morgan fingerprint density at radius 3 is 1.63 bits per heavy atom. The highest BCUT2D eigenvalue weighted by atomic mass is 15.1. The maximum atomic E-state index is 2.32. The molecule has 1 nitrogen and oxygen atoms in total. The second kappa shape index (κ2) is 6.35. The Morgan fingerprint density at radius 1 is 0.842 bits per heavy atom. The highest BCUT2D eigenvalue weighted by Crippen LogP contribution is 2.24. The summed E-state index contributed by atoms with van der Waals surface area (Å²) >= 11 is 0. The standard InChI is InChI=1S/C18H21N/c1-15(19(2)3)14-18(16-10-6-4-7-11-16)17-12-8-5-9-13-17/h4-15H,1-3H3/t15-/m0/s1. The normalized spacial score (nSPS) is 12.2. The van der Waals surface area contributed by atoms with Crippen LogP contribution in [0.15, 0.2) is 66.7 Å². The van der Waals surface area contributed by atoms with Crippen LogP contribution < -0.4 is 0 Å². The molecular formula is C18H21N.